The lowest BCUT2D eigenvalue weighted by molar-refractivity contribution is -0.146. The molecule has 2 unspecified atom stereocenters. The second-order valence-corrected chi connectivity index (χ2v) is 5.80. The SMILES string of the molecule is CCCC1C(=O)NCC(=O)N1CC(C)CC(C)C. The van der Waals surface area contributed by atoms with Crippen LogP contribution in [-0.4, -0.2) is 35.8 Å². The van der Waals surface area contributed by atoms with E-state index in [2.05, 4.69) is 26.1 Å². The number of hydrogen-bond acceptors (Lipinski definition) is 2. The number of nitrogens with zero attached hydrogens (tertiary/aromatic N) is 1. The summed E-state index contributed by atoms with van der Waals surface area (Å²) in [4.78, 5) is 25.6. The molecule has 4 nitrogen and oxygen atoms in total. The van der Waals surface area contributed by atoms with Crippen LogP contribution in [0.3, 0.4) is 0 Å². The summed E-state index contributed by atoms with van der Waals surface area (Å²) in [5, 5.41) is 2.68. The molecule has 1 saturated heterocycles. The molecule has 2 atom stereocenters. The first-order chi connectivity index (χ1) is 8.45. The molecule has 1 heterocycles. The Kier molecular flexibility index (Phi) is 5.63. The van der Waals surface area contributed by atoms with Crippen LogP contribution >= 0.6 is 0 Å². The van der Waals surface area contributed by atoms with Gasteiger partial charge in [-0.15, -0.1) is 0 Å². The van der Waals surface area contributed by atoms with Crippen molar-refractivity contribution in [2.45, 2.75) is 53.0 Å². The molecule has 0 aromatic rings. The Morgan fingerprint density at radius 2 is 2.00 bits per heavy atom. The molecule has 4 heteroatoms. The molecule has 2 amide bonds. The minimum absolute atomic E-state index is 0.00759. The summed E-state index contributed by atoms with van der Waals surface area (Å²) in [6.45, 7) is 9.43. The molecule has 0 aliphatic carbocycles. The summed E-state index contributed by atoms with van der Waals surface area (Å²) >= 11 is 0. The topological polar surface area (TPSA) is 49.4 Å². The zero-order valence-corrected chi connectivity index (χ0v) is 12.0. The van der Waals surface area contributed by atoms with Crippen molar-refractivity contribution < 1.29 is 9.59 Å². The molecule has 1 fully saturated rings. The van der Waals surface area contributed by atoms with Crippen LogP contribution in [-0.2, 0) is 9.59 Å². The van der Waals surface area contributed by atoms with E-state index in [1.807, 2.05) is 6.92 Å². The molecular formula is C14H26N2O2. The van der Waals surface area contributed by atoms with E-state index < -0.39 is 0 Å². The number of piperazine rings is 1. The van der Waals surface area contributed by atoms with Crippen LogP contribution in [0.25, 0.3) is 0 Å². The van der Waals surface area contributed by atoms with E-state index in [1.165, 1.54) is 0 Å². The molecule has 1 aliphatic heterocycles. The average Bonchev–Trinajstić information content (AvgIpc) is 2.27. The molecule has 18 heavy (non-hydrogen) atoms. The van der Waals surface area contributed by atoms with Gasteiger partial charge < -0.3 is 10.2 Å². The summed E-state index contributed by atoms with van der Waals surface area (Å²) in [5.74, 6) is 1.13. The van der Waals surface area contributed by atoms with Crippen molar-refractivity contribution in [1.29, 1.82) is 0 Å². The molecule has 0 bridgehead atoms. The number of rotatable bonds is 6. The third-order valence-electron chi connectivity index (χ3n) is 3.36. The van der Waals surface area contributed by atoms with Crippen molar-refractivity contribution in [3.8, 4) is 0 Å². The van der Waals surface area contributed by atoms with Gasteiger partial charge in [-0.2, -0.15) is 0 Å². The molecule has 104 valence electrons. The number of carbonyl (C=O) groups excluding carboxylic acids is 2. The van der Waals surface area contributed by atoms with Gasteiger partial charge in [-0.1, -0.05) is 34.1 Å². The molecule has 0 aromatic heterocycles. The van der Waals surface area contributed by atoms with Gasteiger partial charge in [-0.3, -0.25) is 9.59 Å². The van der Waals surface area contributed by atoms with Gasteiger partial charge in [-0.25, -0.2) is 0 Å². The number of nitrogens with one attached hydrogen (secondary N) is 1. The van der Waals surface area contributed by atoms with Crippen molar-refractivity contribution in [3.05, 3.63) is 0 Å². The summed E-state index contributed by atoms with van der Waals surface area (Å²) in [5.41, 5.74) is 0. The molecule has 1 N–H and O–H groups in total. The quantitative estimate of drug-likeness (QED) is 0.785. The molecule has 0 radical (unpaired) electrons. The zero-order valence-electron chi connectivity index (χ0n) is 12.0. The lowest BCUT2D eigenvalue weighted by atomic mass is 9.96. The predicted octanol–water partition coefficient (Wildman–Crippen LogP) is 1.80. The van der Waals surface area contributed by atoms with Crippen LogP contribution in [0.15, 0.2) is 0 Å². The van der Waals surface area contributed by atoms with Crippen LogP contribution in [0.4, 0.5) is 0 Å². The first kappa shape index (κ1) is 15.0. The van der Waals surface area contributed by atoms with E-state index >= 15 is 0 Å². The van der Waals surface area contributed by atoms with Crippen LogP contribution in [0.5, 0.6) is 0 Å². The maximum absolute atomic E-state index is 12.0. The van der Waals surface area contributed by atoms with E-state index in [-0.39, 0.29) is 24.4 Å². The highest BCUT2D eigenvalue weighted by Gasteiger charge is 2.34. The highest BCUT2D eigenvalue weighted by molar-refractivity contribution is 5.94. The van der Waals surface area contributed by atoms with Gasteiger partial charge in [-0.05, 0) is 24.7 Å². The summed E-state index contributed by atoms with van der Waals surface area (Å²) in [6, 6.07) is -0.258. The molecular weight excluding hydrogens is 228 g/mol. The molecule has 0 spiro atoms. The van der Waals surface area contributed by atoms with Crippen molar-refractivity contribution in [2.75, 3.05) is 13.1 Å². The van der Waals surface area contributed by atoms with Crippen LogP contribution < -0.4 is 5.32 Å². The van der Waals surface area contributed by atoms with Crippen LogP contribution in [0, 0.1) is 11.8 Å². The lowest BCUT2D eigenvalue weighted by Gasteiger charge is -2.36. The van der Waals surface area contributed by atoms with Gasteiger partial charge >= 0.3 is 0 Å². The first-order valence-electron chi connectivity index (χ1n) is 7.02. The fourth-order valence-corrected chi connectivity index (χ4v) is 2.70. The minimum Gasteiger partial charge on any atom is -0.345 e. The summed E-state index contributed by atoms with van der Waals surface area (Å²) in [6.07, 6.45) is 2.76. The third kappa shape index (κ3) is 4.00. The lowest BCUT2D eigenvalue weighted by Crippen LogP contribution is -2.59. The van der Waals surface area contributed by atoms with Gasteiger partial charge in [0, 0.05) is 6.54 Å². The van der Waals surface area contributed by atoms with E-state index in [9.17, 15) is 9.59 Å². The van der Waals surface area contributed by atoms with Crippen molar-refractivity contribution in [1.82, 2.24) is 10.2 Å². The fourth-order valence-electron chi connectivity index (χ4n) is 2.70. The smallest absolute Gasteiger partial charge is 0.243 e. The Balaban J connectivity index is 2.67. The molecule has 0 saturated carbocycles. The average molecular weight is 254 g/mol. The predicted molar refractivity (Wildman–Crippen MR) is 72.0 cm³/mol. The van der Waals surface area contributed by atoms with Crippen molar-refractivity contribution in [3.63, 3.8) is 0 Å². The summed E-state index contributed by atoms with van der Waals surface area (Å²) in [7, 11) is 0. The number of carbonyl (C=O) groups is 2. The van der Waals surface area contributed by atoms with Crippen LogP contribution in [0.2, 0.25) is 0 Å². The zero-order chi connectivity index (χ0) is 13.7. The Hall–Kier alpha value is -1.06. The number of hydrogen-bond donors (Lipinski definition) is 1. The Morgan fingerprint density at radius 3 is 2.56 bits per heavy atom. The second kappa shape index (κ2) is 6.76. The Labute approximate surface area is 110 Å². The largest absolute Gasteiger partial charge is 0.345 e. The fraction of sp³-hybridized carbons (Fsp3) is 0.857. The van der Waals surface area contributed by atoms with Gasteiger partial charge in [0.15, 0.2) is 0 Å². The monoisotopic (exact) mass is 254 g/mol. The maximum atomic E-state index is 12.0. The molecule has 1 rings (SSSR count). The van der Waals surface area contributed by atoms with Gasteiger partial charge in [0.25, 0.3) is 0 Å². The van der Waals surface area contributed by atoms with Crippen molar-refractivity contribution >= 4 is 11.8 Å². The summed E-state index contributed by atoms with van der Waals surface area (Å²) < 4.78 is 0. The van der Waals surface area contributed by atoms with E-state index in [1.54, 1.807) is 4.90 Å². The highest BCUT2D eigenvalue weighted by Crippen LogP contribution is 2.18. The third-order valence-corrected chi connectivity index (χ3v) is 3.36. The van der Waals surface area contributed by atoms with E-state index in [4.69, 9.17) is 0 Å². The number of amides is 2. The molecule has 0 aromatic carbocycles. The highest BCUT2D eigenvalue weighted by atomic mass is 16.2. The normalized spacial score (nSPS) is 22.3. The maximum Gasteiger partial charge on any atom is 0.243 e. The van der Waals surface area contributed by atoms with E-state index in [0.29, 0.717) is 18.4 Å². The van der Waals surface area contributed by atoms with Crippen LogP contribution in [0.1, 0.15) is 47.0 Å². The standard InChI is InChI=1S/C14H26N2O2/c1-5-6-12-14(18)15-8-13(17)16(12)9-11(4)7-10(2)3/h10-12H,5-9H2,1-4H3,(H,15,18). The van der Waals surface area contributed by atoms with Crippen molar-refractivity contribution in [2.24, 2.45) is 11.8 Å². The first-order valence-corrected chi connectivity index (χ1v) is 7.02. The molecule has 1 aliphatic rings. The van der Waals surface area contributed by atoms with Gasteiger partial charge in [0.2, 0.25) is 11.8 Å². The van der Waals surface area contributed by atoms with Gasteiger partial charge in [0.05, 0.1) is 6.54 Å². The van der Waals surface area contributed by atoms with E-state index in [0.717, 1.165) is 19.3 Å². The Morgan fingerprint density at radius 1 is 1.33 bits per heavy atom. The second-order valence-electron chi connectivity index (χ2n) is 5.80. The minimum atomic E-state index is -0.258. The van der Waals surface area contributed by atoms with Gasteiger partial charge in [0.1, 0.15) is 6.04 Å². The Bertz CT molecular complexity index is 302.